The van der Waals surface area contributed by atoms with Gasteiger partial charge in [0.2, 0.25) is 0 Å². The van der Waals surface area contributed by atoms with Crippen LogP contribution < -0.4 is 4.90 Å². The van der Waals surface area contributed by atoms with Gasteiger partial charge in [-0.2, -0.15) is 0 Å². The van der Waals surface area contributed by atoms with Crippen LogP contribution in [0.25, 0.3) is 0 Å². The Kier molecular flexibility index (Phi) is 4.93. The number of anilines is 1. The number of aliphatic hydroxyl groups excluding tert-OH is 1. The van der Waals surface area contributed by atoms with Gasteiger partial charge in [-0.1, -0.05) is 0 Å². The summed E-state index contributed by atoms with van der Waals surface area (Å²) >= 11 is 0. The molecule has 2 rings (SSSR count). The predicted octanol–water partition coefficient (Wildman–Crippen LogP) is 1.79. The van der Waals surface area contributed by atoms with E-state index >= 15 is 0 Å². The molecule has 0 aliphatic carbocycles. The fourth-order valence-electron chi connectivity index (χ4n) is 2.49. The summed E-state index contributed by atoms with van der Waals surface area (Å²) in [4.78, 5) is 13.1. The molecule has 1 heterocycles. The zero-order valence-corrected chi connectivity index (χ0v) is 11.3. The zero-order valence-electron chi connectivity index (χ0n) is 11.3. The Labute approximate surface area is 114 Å². The van der Waals surface area contributed by atoms with Crippen molar-refractivity contribution in [2.24, 2.45) is 0 Å². The van der Waals surface area contributed by atoms with E-state index in [9.17, 15) is 4.79 Å². The van der Waals surface area contributed by atoms with E-state index in [1.165, 1.54) is 5.69 Å². The van der Waals surface area contributed by atoms with Gasteiger partial charge < -0.3 is 14.7 Å². The van der Waals surface area contributed by atoms with Gasteiger partial charge in [-0.05, 0) is 43.5 Å². The number of carbonyl (C=O) groups is 1. The first-order chi connectivity index (χ1) is 9.24. The minimum atomic E-state index is 0.0898. The van der Waals surface area contributed by atoms with Crippen molar-refractivity contribution in [2.45, 2.75) is 25.9 Å². The SMILES string of the molecule is Cc1cc(N2CCC(OCCO)CC2)ccc1C=O. The second-order valence-electron chi connectivity index (χ2n) is 4.94. The van der Waals surface area contributed by atoms with E-state index in [0.717, 1.165) is 43.3 Å². The third-order valence-electron chi connectivity index (χ3n) is 3.63. The van der Waals surface area contributed by atoms with Gasteiger partial charge in [0.25, 0.3) is 0 Å². The first-order valence-corrected chi connectivity index (χ1v) is 6.78. The molecular formula is C15H21NO3. The van der Waals surface area contributed by atoms with Crippen molar-refractivity contribution in [2.75, 3.05) is 31.2 Å². The van der Waals surface area contributed by atoms with Gasteiger partial charge in [0.05, 0.1) is 19.3 Å². The molecule has 1 N–H and O–H groups in total. The number of aliphatic hydroxyl groups is 1. The summed E-state index contributed by atoms with van der Waals surface area (Å²) in [7, 11) is 0. The normalized spacial score (nSPS) is 16.6. The van der Waals surface area contributed by atoms with Gasteiger partial charge >= 0.3 is 0 Å². The van der Waals surface area contributed by atoms with Crippen molar-refractivity contribution in [1.82, 2.24) is 0 Å². The molecule has 0 saturated carbocycles. The number of aldehydes is 1. The molecule has 1 aromatic carbocycles. The molecule has 1 aliphatic rings. The molecule has 0 bridgehead atoms. The van der Waals surface area contributed by atoms with E-state index in [1.54, 1.807) is 0 Å². The molecule has 104 valence electrons. The van der Waals surface area contributed by atoms with Crippen LogP contribution in [0.3, 0.4) is 0 Å². The van der Waals surface area contributed by atoms with Crippen LogP contribution in [0.1, 0.15) is 28.8 Å². The molecular weight excluding hydrogens is 242 g/mol. The highest BCUT2D eigenvalue weighted by atomic mass is 16.5. The Bertz CT molecular complexity index is 425. The van der Waals surface area contributed by atoms with Gasteiger partial charge in [-0.3, -0.25) is 4.79 Å². The minimum Gasteiger partial charge on any atom is -0.394 e. The third kappa shape index (κ3) is 3.55. The Hall–Kier alpha value is -1.39. The Balaban J connectivity index is 1.94. The van der Waals surface area contributed by atoms with Crippen LogP contribution in [0.15, 0.2) is 18.2 Å². The lowest BCUT2D eigenvalue weighted by Gasteiger charge is -2.33. The summed E-state index contributed by atoms with van der Waals surface area (Å²) in [6.45, 7) is 4.39. The number of nitrogens with zero attached hydrogens (tertiary/aromatic N) is 1. The molecule has 0 spiro atoms. The zero-order chi connectivity index (χ0) is 13.7. The van der Waals surface area contributed by atoms with Crippen LogP contribution in [0.4, 0.5) is 5.69 Å². The maximum Gasteiger partial charge on any atom is 0.150 e. The fourth-order valence-corrected chi connectivity index (χ4v) is 2.49. The van der Waals surface area contributed by atoms with Crippen LogP contribution in [-0.2, 0) is 4.74 Å². The quantitative estimate of drug-likeness (QED) is 0.823. The highest BCUT2D eigenvalue weighted by Gasteiger charge is 2.19. The average molecular weight is 263 g/mol. The van der Waals surface area contributed by atoms with Crippen molar-refractivity contribution < 1.29 is 14.6 Å². The minimum absolute atomic E-state index is 0.0898. The second kappa shape index (κ2) is 6.68. The lowest BCUT2D eigenvalue weighted by Crippen LogP contribution is -2.37. The molecule has 0 amide bonds. The van der Waals surface area contributed by atoms with E-state index < -0.39 is 0 Å². The standard InChI is InChI=1S/C15H21NO3/c1-12-10-14(3-2-13(12)11-18)16-6-4-15(5-7-16)19-9-8-17/h2-3,10-11,15,17H,4-9H2,1H3. The lowest BCUT2D eigenvalue weighted by atomic mass is 10.0. The van der Waals surface area contributed by atoms with Gasteiger partial charge in [0.1, 0.15) is 6.29 Å². The summed E-state index contributed by atoms with van der Waals surface area (Å²) in [5.41, 5.74) is 2.94. The van der Waals surface area contributed by atoms with Crippen LogP contribution in [0.2, 0.25) is 0 Å². The summed E-state index contributed by atoms with van der Waals surface area (Å²) in [5, 5.41) is 8.74. The van der Waals surface area contributed by atoms with E-state index in [2.05, 4.69) is 11.0 Å². The fraction of sp³-hybridized carbons (Fsp3) is 0.533. The summed E-state index contributed by atoms with van der Waals surface area (Å²) < 4.78 is 5.55. The smallest absolute Gasteiger partial charge is 0.150 e. The lowest BCUT2D eigenvalue weighted by molar-refractivity contribution is 0.0159. The highest BCUT2D eigenvalue weighted by molar-refractivity contribution is 5.78. The number of hydrogen-bond acceptors (Lipinski definition) is 4. The first kappa shape index (κ1) is 14.0. The molecule has 0 radical (unpaired) electrons. The Morgan fingerprint density at radius 2 is 2.16 bits per heavy atom. The van der Waals surface area contributed by atoms with Gasteiger partial charge in [0, 0.05) is 24.3 Å². The molecule has 1 fully saturated rings. The summed E-state index contributed by atoms with van der Waals surface area (Å²) in [6.07, 6.45) is 3.12. The molecule has 0 aromatic heterocycles. The van der Waals surface area contributed by atoms with Gasteiger partial charge in [-0.25, -0.2) is 0 Å². The van der Waals surface area contributed by atoms with Crippen molar-refractivity contribution in [3.8, 4) is 0 Å². The van der Waals surface area contributed by atoms with Gasteiger partial charge in [-0.15, -0.1) is 0 Å². The Morgan fingerprint density at radius 3 is 2.74 bits per heavy atom. The number of carbonyl (C=O) groups excluding carboxylic acids is 1. The average Bonchev–Trinajstić information content (AvgIpc) is 2.45. The number of hydrogen-bond donors (Lipinski definition) is 1. The van der Waals surface area contributed by atoms with E-state index in [0.29, 0.717) is 6.61 Å². The molecule has 0 atom stereocenters. The van der Waals surface area contributed by atoms with Crippen molar-refractivity contribution in [3.63, 3.8) is 0 Å². The van der Waals surface area contributed by atoms with E-state index in [-0.39, 0.29) is 12.7 Å². The van der Waals surface area contributed by atoms with E-state index in [1.807, 2.05) is 19.1 Å². The highest BCUT2D eigenvalue weighted by Crippen LogP contribution is 2.23. The molecule has 1 aliphatic heterocycles. The third-order valence-corrected chi connectivity index (χ3v) is 3.63. The van der Waals surface area contributed by atoms with Crippen molar-refractivity contribution >= 4 is 12.0 Å². The topological polar surface area (TPSA) is 49.8 Å². The first-order valence-electron chi connectivity index (χ1n) is 6.78. The predicted molar refractivity (Wildman–Crippen MR) is 74.8 cm³/mol. The van der Waals surface area contributed by atoms with Crippen LogP contribution in [0.5, 0.6) is 0 Å². The Morgan fingerprint density at radius 1 is 1.42 bits per heavy atom. The van der Waals surface area contributed by atoms with Crippen molar-refractivity contribution in [1.29, 1.82) is 0 Å². The van der Waals surface area contributed by atoms with Crippen LogP contribution in [0, 0.1) is 6.92 Å². The maximum atomic E-state index is 10.8. The van der Waals surface area contributed by atoms with E-state index in [4.69, 9.17) is 9.84 Å². The van der Waals surface area contributed by atoms with Crippen LogP contribution in [-0.4, -0.2) is 43.8 Å². The molecule has 4 heteroatoms. The van der Waals surface area contributed by atoms with Crippen LogP contribution >= 0.6 is 0 Å². The number of ether oxygens (including phenoxy) is 1. The number of piperidine rings is 1. The second-order valence-corrected chi connectivity index (χ2v) is 4.94. The molecule has 4 nitrogen and oxygen atoms in total. The summed E-state index contributed by atoms with van der Waals surface area (Å²) in [5.74, 6) is 0. The molecule has 1 aromatic rings. The number of rotatable bonds is 5. The van der Waals surface area contributed by atoms with Crippen molar-refractivity contribution in [3.05, 3.63) is 29.3 Å². The van der Waals surface area contributed by atoms with Gasteiger partial charge in [0.15, 0.2) is 0 Å². The monoisotopic (exact) mass is 263 g/mol. The molecule has 1 saturated heterocycles. The maximum absolute atomic E-state index is 10.8. The molecule has 19 heavy (non-hydrogen) atoms. The summed E-state index contributed by atoms with van der Waals surface area (Å²) in [6, 6.07) is 5.95. The number of aryl methyl sites for hydroxylation is 1. The number of benzene rings is 1. The largest absolute Gasteiger partial charge is 0.394 e. The molecule has 0 unspecified atom stereocenters.